The van der Waals surface area contributed by atoms with Gasteiger partial charge in [0, 0.05) is 10.9 Å². The van der Waals surface area contributed by atoms with Crippen LogP contribution in [0, 0.1) is 0 Å². The Hall–Kier alpha value is -2.48. The van der Waals surface area contributed by atoms with E-state index in [0.29, 0.717) is 5.13 Å². The first-order valence-corrected chi connectivity index (χ1v) is 10.5. The Bertz CT molecular complexity index is 1240. The zero-order valence-electron chi connectivity index (χ0n) is 16.9. The first-order valence-electron chi connectivity index (χ1n) is 9.66. The van der Waals surface area contributed by atoms with Gasteiger partial charge in [-0.1, -0.05) is 47.7 Å². The van der Waals surface area contributed by atoms with Crippen molar-refractivity contribution in [2.45, 2.75) is 38.9 Å². The summed E-state index contributed by atoms with van der Waals surface area (Å²) in [5.41, 5.74) is 8.61. The average Bonchev–Trinajstić information content (AvgIpc) is 3.15. The molecule has 29 heavy (non-hydrogen) atoms. The highest BCUT2D eigenvalue weighted by Gasteiger charge is 2.52. The van der Waals surface area contributed by atoms with Crippen LogP contribution in [0.5, 0.6) is 0 Å². The molecule has 2 aromatic carbocycles. The number of hydrogen-bond donors (Lipinski definition) is 1. The van der Waals surface area contributed by atoms with Crippen LogP contribution in [0.1, 0.15) is 27.7 Å². The van der Waals surface area contributed by atoms with Gasteiger partial charge < -0.3 is 15.0 Å². The van der Waals surface area contributed by atoms with Crippen LogP contribution in [0.15, 0.2) is 48.5 Å². The molecule has 1 fully saturated rings. The van der Waals surface area contributed by atoms with Crippen LogP contribution in [-0.2, 0) is 9.31 Å². The summed E-state index contributed by atoms with van der Waals surface area (Å²) in [6.07, 6.45) is 0. The lowest BCUT2D eigenvalue weighted by Crippen LogP contribution is -2.41. The minimum absolute atomic E-state index is 0.422. The first-order chi connectivity index (χ1) is 13.7. The second kappa shape index (κ2) is 6.26. The van der Waals surface area contributed by atoms with Crippen molar-refractivity contribution < 1.29 is 9.31 Å². The van der Waals surface area contributed by atoms with Crippen molar-refractivity contribution in [2.24, 2.45) is 0 Å². The van der Waals surface area contributed by atoms with E-state index >= 15 is 0 Å². The molecule has 1 aliphatic heterocycles. The Morgan fingerprint density at radius 2 is 1.66 bits per heavy atom. The van der Waals surface area contributed by atoms with E-state index < -0.39 is 18.3 Å². The molecule has 5 rings (SSSR count). The topological polar surface area (TPSA) is 70.3 Å². The van der Waals surface area contributed by atoms with Crippen molar-refractivity contribution in [1.29, 1.82) is 0 Å². The molecular weight excluding hydrogens is 381 g/mol. The van der Waals surface area contributed by atoms with Gasteiger partial charge in [-0.05, 0) is 45.2 Å². The van der Waals surface area contributed by atoms with Crippen LogP contribution in [0.2, 0.25) is 0 Å². The molecule has 0 saturated carbocycles. The van der Waals surface area contributed by atoms with Crippen LogP contribution < -0.4 is 11.3 Å². The average molecular weight is 403 g/mol. The zero-order valence-corrected chi connectivity index (χ0v) is 17.7. The molecule has 146 valence electrons. The fraction of sp³-hybridized carbons (Fsp3) is 0.273. The molecule has 4 aromatic rings. The van der Waals surface area contributed by atoms with E-state index in [-0.39, 0.29) is 0 Å². The summed E-state index contributed by atoms with van der Waals surface area (Å²) in [6.45, 7) is 8.20. The first kappa shape index (κ1) is 18.5. The maximum absolute atomic E-state index is 6.26. The summed E-state index contributed by atoms with van der Waals surface area (Å²) in [7, 11) is -0.525. The second-order valence-electron chi connectivity index (χ2n) is 8.41. The quantitative estimate of drug-likeness (QED) is 0.503. The molecule has 3 heterocycles. The number of pyridine rings is 1. The van der Waals surface area contributed by atoms with E-state index in [1.807, 2.05) is 58.0 Å². The van der Waals surface area contributed by atoms with Gasteiger partial charge in [-0.3, -0.25) is 4.98 Å². The van der Waals surface area contributed by atoms with Gasteiger partial charge in [0.25, 0.3) is 0 Å². The van der Waals surface area contributed by atoms with E-state index in [0.717, 1.165) is 37.8 Å². The molecule has 1 saturated heterocycles. The molecule has 2 aromatic heterocycles. The molecule has 0 unspecified atom stereocenters. The second-order valence-corrected chi connectivity index (χ2v) is 9.47. The van der Waals surface area contributed by atoms with E-state index in [9.17, 15) is 0 Å². The predicted octanol–water partition coefficient (Wildman–Crippen LogP) is 4.39. The van der Waals surface area contributed by atoms with Crippen LogP contribution >= 0.6 is 11.3 Å². The minimum atomic E-state index is -0.525. The number of benzene rings is 2. The molecule has 0 radical (unpaired) electrons. The number of fused-ring (bicyclic) bond motifs is 2. The number of nitrogen functional groups attached to an aromatic ring is 1. The number of para-hydroxylation sites is 1. The molecule has 0 bridgehead atoms. The van der Waals surface area contributed by atoms with Crippen molar-refractivity contribution in [2.75, 3.05) is 5.73 Å². The Balaban J connectivity index is 1.74. The van der Waals surface area contributed by atoms with Gasteiger partial charge in [-0.25, -0.2) is 4.98 Å². The number of nitrogens with zero attached hydrogens (tertiary/aromatic N) is 2. The fourth-order valence-corrected chi connectivity index (χ4v) is 4.43. The lowest BCUT2D eigenvalue weighted by molar-refractivity contribution is 0.00578. The van der Waals surface area contributed by atoms with Crippen molar-refractivity contribution in [3.63, 3.8) is 0 Å². The molecule has 5 nitrogen and oxygen atoms in total. The lowest BCUT2D eigenvalue weighted by atomic mass is 9.82. The number of thiazole rings is 1. The molecule has 0 atom stereocenters. The maximum Gasteiger partial charge on any atom is 0.514 e. The third kappa shape index (κ3) is 2.92. The molecule has 0 spiro atoms. The molecule has 7 heteroatoms. The van der Waals surface area contributed by atoms with Gasteiger partial charge in [0.2, 0.25) is 0 Å². The number of hydrogen-bond acceptors (Lipinski definition) is 6. The van der Waals surface area contributed by atoms with E-state index in [1.54, 1.807) is 0 Å². The smallest absolute Gasteiger partial charge is 0.398 e. The lowest BCUT2D eigenvalue weighted by Gasteiger charge is -2.32. The Kier molecular flexibility index (Phi) is 4.00. The van der Waals surface area contributed by atoms with Crippen molar-refractivity contribution in [3.05, 3.63) is 48.5 Å². The van der Waals surface area contributed by atoms with E-state index in [2.05, 4.69) is 23.2 Å². The fourth-order valence-electron chi connectivity index (χ4n) is 3.67. The predicted molar refractivity (Wildman–Crippen MR) is 120 cm³/mol. The maximum atomic E-state index is 6.26. The summed E-state index contributed by atoms with van der Waals surface area (Å²) in [6, 6.07) is 16.4. The van der Waals surface area contributed by atoms with Crippen LogP contribution in [-0.4, -0.2) is 28.3 Å². The highest BCUT2D eigenvalue weighted by Crippen LogP contribution is 2.38. The van der Waals surface area contributed by atoms with Gasteiger partial charge in [0.15, 0.2) is 5.13 Å². The van der Waals surface area contributed by atoms with Gasteiger partial charge in [-0.2, -0.15) is 0 Å². The largest absolute Gasteiger partial charge is 0.514 e. The van der Waals surface area contributed by atoms with E-state index in [4.69, 9.17) is 20.0 Å². The normalized spacial score (nSPS) is 18.0. The van der Waals surface area contributed by atoms with E-state index in [1.165, 1.54) is 11.3 Å². The van der Waals surface area contributed by atoms with Gasteiger partial charge in [0.1, 0.15) is 0 Å². The van der Waals surface area contributed by atoms with Crippen LogP contribution in [0.3, 0.4) is 0 Å². The standard InChI is InChI=1S/C22H22BN3O2S/c1-21(2)22(3,4)28-23(27-21)17-12-13-8-5-6-9-14(13)18(25-17)15-10-7-11-16-19(15)26-20(24)29-16/h5-12H,1-4H3,(H2,24,26). The van der Waals surface area contributed by atoms with Gasteiger partial charge >= 0.3 is 7.12 Å². The van der Waals surface area contributed by atoms with Gasteiger partial charge in [0.05, 0.1) is 32.7 Å². The summed E-state index contributed by atoms with van der Waals surface area (Å²) in [5.74, 6) is 0. The van der Waals surface area contributed by atoms with Crippen molar-refractivity contribution in [3.8, 4) is 11.3 Å². The Labute approximate surface area is 174 Å². The third-order valence-corrected chi connectivity index (χ3v) is 6.80. The zero-order chi connectivity index (χ0) is 20.4. The monoisotopic (exact) mass is 403 g/mol. The Morgan fingerprint density at radius 1 is 0.931 bits per heavy atom. The highest BCUT2D eigenvalue weighted by atomic mass is 32.1. The molecule has 0 amide bonds. The Morgan fingerprint density at radius 3 is 2.41 bits per heavy atom. The van der Waals surface area contributed by atoms with Gasteiger partial charge in [-0.15, -0.1) is 0 Å². The van der Waals surface area contributed by atoms with Crippen molar-refractivity contribution >= 4 is 50.2 Å². The van der Waals surface area contributed by atoms with Crippen LogP contribution in [0.25, 0.3) is 32.2 Å². The highest BCUT2D eigenvalue weighted by molar-refractivity contribution is 7.22. The number of nitrogens with two attached hydrogens (primary N) is 1. The molecule has 1 aliphatic rings. The molecule has 2 N–H and O–H groups in total. The minimum Gasteiger partial charge on any atom is -0.398 e. The summed E-state index contributed by atoms with van der Waals surface area (Å²) in [4.78, 5) is 9.58. The third-order valence-electron chi connectivity index (χ3n) is 5.95. The number of anilines is 1. The van der Waals surface area contributed by atoms with Crippen LogP contribution in [0.4, 0.5) is 5.13 Å². The van der Waals surface area contributed by atoms with Crippen molar-refractivity contribution in [1.82, 2.24) is 9.97 Å². The summed E-state index contributed by atoms with van der Waals surface area (Å²) in [5, 5.41) is 2.70. The molecular formula is C22H22BN3O2S. The SMILES string of the molecule is CC1(C)OB(c2cc3ccccc3c(-c3cccc4sc(N)nc34)n2)OC1(C)C. The summed E-state index contributed by atoms with van der Waals surface area (Å²) >= 11 is 1.48. The molecule has 0 aliphatic carbocycles. The number of aromatic nitrogens is 2. The summed E-state index contributed by atoms with van der Waals surface area (Å²) < 4.78 is 13.6. The number of rotatable bonds is 2.